The van der Waals surface area contributed by atoms with Gasteiger partial charge in [-0.3, -0.25) is 5.32 Å². The lowest BCUT2D eigenvalue weighted by Crippen LogP contribution is -2.46. The number of likely N-dealkylation sites (tertiary alicyclic amines) is 1. The van der Waals surface area contributed by atoms with Crippen LogP contribution in [0.3, 0.4) is 0 Å². The maximum absolute atomic E-state index is 12.9. The molecule has 0 aliphatic carbocycles. The molecule has 2 aromatic carbocycles. The van der Waals surface area contributed by atoms with Crippen molar-refractivity contribution in [2.24, 2.45) is 0 Å². The summed E-state index contributed by atoms with van der Waals surface area (Å²) in [4.78, 5) is 28.9. The van der Waals surface area contributed by atoms with Crippen LogP contribution in [0.15, 0.2) is 48.8 Å². The normalized spacial score (nSPS) is 15.1. The molecule has 0 atom stereocenters. The van der Waals surface area contributed by atoms with Gasteiger partial charge in [-0.25, -0.2) is 19.7 Å². The number of carbonyl (C=O) groups is 1. The van der Waals surface area contributed by atoms with Crippen molar-refractivity contribution in [1.29, 1.82) is 5.26 Å². The topological polar surface area (TPSA) is 115 Å². The Balaban J connectivity index is 1.54. The molecule has 0 radical (unpaired) electrons. The highest BCUT2D eigenvalue weighted by atomic mass is 32.1. The molecule has 3 heterocycles. The number of piperidine rings is 1. The van der Waals surface area contributed by atoms with Gasteiger partial charge in [0.1, 0.15) is 6.33 Å². The average Bonchev–Trinajstić information content (AvgIpc) is 3.28. The molecule has 0 unspecified atom stereocenters. The molecule has 1 saturated heterocycles. The highest BCUT2D eigenvalue weighted by molar-refractivity contribution is 7.19. The van der Waals surface area contributed by atoms with E-state index >= 15 is 0 Å². The second kappa shape index (κ2) is 9.06. The fourth-order valence-corrected chi connectivity index (χ4v) is 5.16. The van der Waals surface area contributed by atoms with E-state index in [4.69, 9.17) is 4.98 Å². The Morgan fingerprint density at radius 1 is 1.17 bits per heavy atom. The number of anilines is 1. The van der Waals surface area contributed by atoms with E-state index in [1.165, 1.54) is 11.3 Å². The fourth-order valence-electron chi connectivity index (χ4n) is 4.19. The summed E-state index contributed by atoms with van der Waals surface area (Å²) in [6.45, 7) is 4.71. The van der Waals surface area contributed by atoms with Gasteiger partial charge in [-0.2, -0.15) is 5.26 Å². The Kier molecular flexibility index (Phi) is 5.93. The third-order valence-corrected chi connectivity index (χ3v) is 7.35. The smallest absolute Gasteiger partial charge is 0.323 e. The number of rotatable bonds is 3. The van der Waals surface area contributed by atoms with E-state index in [-0.39, 0.29) is 6.03 Å². The van der Waals surface area contributed by atoms with Crippen LogP contribution in [0.1, 0.15) is 31.0 Å². The van der Waals surface area contributed by atoms with Crippen molar-refractivity contribution in [2.75, 3.05) is 18.4 Å². The van der Waals surface area contributed by atoms with Crippen molar-refractivity contribution in [3.8, 4) is 27.8 Å². The lowest BCUT2D eigenvalue weighted by molar-refractivity contribution is 0.00570. The number of urea groups is 1. The molecule has 2 amide bonds. The van der Waals surface area contributed by atoms with Crippen molar-refractivity contribution in [3.63, 3.8) is 0 Å². The molecular formula is C26H24N6O2S. The van der Waals surface area contributed by atoms with Gasteiger partial charge in [-0.1, -0.05) is 29.5 Å². The standard InChI is InChI=1S/C26H24N6O2S/c1-16-20-13-19(6-7-21(20)29-15-28-16)23-22(18-5-3-4-17(12-18)14-27)30-24(35-23)31-25(33)32-10-8-26(2,34)9-11-32/h3-7,12-13,15,34H,8-11H2,1-2H3,(H,30,31,33). The second-order valence-corrected chi connectivity index (χ2v) is 9.99. The molecule has 0 saturated carbocycles. The van der Waals surface area contributed by atoms with Crippen LogP contribution in [0.25, 0.3) is 32.6 Å². The van der Waals surface area contributed by atoms with Gasteiger partial charge in [0, 0.05) is 29.7 Å². The van der Waals surface area contributed by atoms with E-state index in [9.17, 15) is 15.2 Å². The lowest BCUT2D eigenvalue weighted by atomic mass is 9.94. The Morgan fingerprint density at radius 2 is 1.97 bits per heavy atom. The molecule has 1 fully saturated rings. The number of hydrogen-bond donors (Lipinski definition) is 2. The zero-order chi connectivity index (χ0) is 24.6. The maximum atomic E-state index is 12.9. The van der Waals surface area contributed by atoms with Crippen LogP contribution in [-0.2, 0) is 0 Å². The van der Waals surface area contributed by atoms with Crippen LogP contribution in [0.5, 0.6) is 0 Å². The summed E-state index contributed by atoms with van der Waals surface area (Å²) >= 11 is 1.38. The first-order chi connectivity index (χ1) is 16.8. The van der Waals surface area contributed by atoms with Gasteiger partial charge >= 0.3 is 6.03 Å². The van der Waals surface area contributed by atoms with Crippen molar-refractivity contribution < 1.29 is 9.90 Å². The average molecular weight is 485 g/mol. The predicted molar refractivity (Wildman–Crippen MR) is 136 cm³/mol. The van der Waals surface area contributed by atoms with Crippen molar-refractivity contribution in [3.05, 3.63) is 60.0 Å². The number of carbonyl (C=O) groups excluding carboxylic acids is 1. The zero-order valence-electron chi connectivity index (χ0n) is 19.4. The van der Waals surface area contributed by atoms with Gasteiger partial charge in [0.15, 0.2) is 5.13 Å². The number of benzene rings is 2. The minimum absolute atomic E-state index is 0.235. The highest BCUT2D eigenvalue weighted by Gasteiger charge is 2.30. The predicted octanol–water partition coefficient (Wildman–Crippen LogP) is 4.98. The summed E-state index contributed by atoms with van der Waals surface area (Å²) < 4.78 is 0. The summed E-state index contributed by atoms with van der Waals surface area (Å²) in [5.41, 5.74) is 3.96. The third-order valence-electron chi connectivity index (χ3n) is 6.33. The van der Waals surface area contributed by atoms with E-state index in [1.54, 1.807) is 30.3 Å². The number of nitrogens with zero attached hydrogens (tertiary/aromatic N) is 5. The number of nitriles is 1. The van der Waals surface area contributed by atoms with Crippen molar-refractivity contribution in [2.45, 2.75) is 32.3 Å². The molecule has 35 heavy (non-hydrogen) atoms. The number of aromatic nitrogens is 3. The van der Waals surface area contributed by atoms with Gasteiger partial charge in [0.2, 0.25) is 0 Å². The van der Waals surface area contributed by atoms with E-state index < -0.39 is 5.60 Å². The Morgan fingerprint density at radius 3 is 2.74 bits per heavy atom. The lowest BCUT2D eigenvalue weighted by Gasteiger charge is -2.35. The molecule has 1 aliphatic rings. The molecule has 176 valence electrons. The largest absolute Gasteiger partial charge is 0.390 e. The van der Waals surface area contributed by atoms with Crippen molar-refractivity contribution in [1.82, 2.24) is 19.9 Å². The van der Waals surface area contributed by atoms with Gasteiger partial charge in [0.05, 0.1) is 33.3 Å². The molecule has 2 aromatic heterocycles. The van der Waals surface area contributed by atoms with Crippen molar-refractivity contribution >= 4 is 33.4 Å². The summed E-state index contributed by atoms with van der Waals surface area (Å²) in [5, 5.41) is 23.9. The number of hydrogen-bond acceptors (Lipinski definition) is 7. The molecule has 8 nitrogen and oxygen atoms in total. The minimum atomic E-state index is -0.734. The van der Waals surface area contributed by atoms with Gasteiger partial charge in [0.25, 0.3) is 0 Å². The van der Waals surface area contributed by atoms with E-state index in [2.05, 4.69) is 21.4 Å². The van der Waals surface area contributed by atoms with E-state index in [0.717, 1.165) is 32.6 Å². The minimum Gasteiger partial charge on any atom is -0.390 e. The Labute approximate surface area is 206 Å². The highest BCUT2D eigenvalue weighted by Crippen LogP contribution is 2.40. The number of fused-ring (bicyclic) bond motifs is 1. The first-order valence-corrected chi connectivity index (χ1v) is 12.2. The summed E-state index contributed by atoms with van der Waals surface area (Å²) in [5.74, 6) is 0. The van der Waals surface area contributed by atoms with Crippen LogP contribution < -0.4 is 5.32 Å². The Bertz CT molecular complexity index is 1460. The van der Waals surface area contributed by atoms with E-state index in [1.807, 2.05) is 37.3 Å². The maximum Gasteiger partial charge on any atom is 0.323 e. The number of aryl methyl sites for hydroxylation is 1. The summed E-state index contributed by atoms with van der Waals surface area (Å²) in [7, 11) is 0. The number of thiazole rings is 1. The third kappa shape index (κ3) is 4.71. The molecule has 4 aromatic rings. The zero-order valence-corrected chi connectivity index (χ0v) is 20.3. The van der Waals surface area contributed by atoms with Crippen LogP contribution in [0, 0.1) is 18.3 Å². The van der Waals surface area contributed by atoms with Crippen LogP contribution in [0.4, 0.5) is 9.93 Å². The molecule has 5 rings (SSSR count). The molecule has 2 N–H and O–H groups in total. The van der Waals surface area contributed by atoms with Gasteiger partial charge < -0.3 is 10.0 Å². The number of nitrogens with one attached hydrogen (secondary N) is 1. The second-order valence-electron chi connectivity index (χ2n) is 8.99. The number of amides is 2. The van der Waals surface area contributed by atoms with E-state index in [0.29, 0.717) is 42.3 Å². The molecular weight excluding hydrogens is 460 g/mol. The summed E-state index contributed by atoms with van der Waals surface area (Å²) in [6, 6.07) is 15.2. The SMILES string of the molecule is Cc1ncnc2ccc(-c3sc(NC(=O)N4CCC(C)(O)CC4)nc3-c3cccc(C#N)c3)cc12. The fraction of sp³-hybridized carbons (Fsp3) is 0.269. The number of aliphatic hydroxyl groups is 1. The Hall–Kier alpha value is -3.87. The first-order valence-electron chi connectivity index (χ1n) is 11.3. The van der Waals surface area contributed by atoms with Crippen LogP contribution in [-0.4, -0.2) is 49.7 Å². The van der Waals surface area contributed by atoms with Gasteiger partial charge in [-0.15, -0.1) is 0 Å². The molecule has 0 bridgehead atoms. The summed E-state index contributed by atoms with van der Waals surface area (Å²) in [6.07, 6.45) is 2.62. The monoisotopic (exact) mass is 484 g/mol. The van der Waals surface area contributed by atoms with Crippen LogP contribution >= 0.6 is 11.3 Å². The van der Waals surface area contributed by atoms with Crippen LogP contribution in [0.2, 0.25) is 0 Å². The quantitative estimate of drug-likeness (QED) is 0.424. The molecule has 0 spiro atoms. The molecule has 9 heteroatoms. The van der Waals surface area contributed by atoms with Gasteiger partial charge in [-0.05, 0) is 56.5 Å². The molecule has 1 aliphatic heterocycles. The first kappa shape index (κ1) is 22.9.